The molecule has 22 heavy (non-hydrogen) atoms. The van der Waals surface area contributed by atoms with Gasteiger partial charge in [0.1, 0.15) is 5.75 Å². The summed E-state index contributed by atoms with van der Waals surface area (Å²) in [6, 6.07) is 17.1. The molecule has 0 aliphatic heterocycles. The van der Waals surface area contributed by atoms with Gasteiger partial charge in [-0.15, -0.1) is 0 Å². The van der Waals surface area contributed by atoms with Gasteiger partial charge in [-0.05, 0) is 30.2 Å². The molecule has 0 aromatic heterocycles. The zero-order valence-electron chi connectivity index (χ0n) is 12.7. The lowest BCUT2D eigenvalue weighted by molar-refractivity contribution is -0.129. The summed E-state index contributed by atoms with van der Waals surface area (Å²) in [5.41, 5.74) is 1.04. The molecule has 0 unspecified atom stereocenters. The van der Waals surface area contributed by atoms with Crippen LogP contribution in [0.4, 0.5) is 0 Å². The third-order valence-electron chi connectivity index (χ3n) is 3.33. The first kappa shape index (κ1) is 16.4. The number of amides is 1. The largest absolute Gasteiger partial charge is 0.493 e. The Labute approximate surface area is 136 Å². The van der Waals surface area contributed by atoms with Crippen molar-refractivity contribution < 1.29 is 9.53 Å². The number of hydrogen-bond acceptors (Lipinski definition) is 2. The number of hydrogen-bond donors (Lipinski definition) is 0. The summed E-state index contributed by atoms with van der Waals surface area (Å²) >= 11 is 5.89. The van der Waals surface area contributed by atoms with Gasteiger partial charge in [0.2, 0.25) is 5.91 Å². The van der Waals surface area contributed by atoms with E-state index in [9.17, 15) is 4.79 Å². The topological polar surface area (TPSA) is 29.5 Å². The highest BCUT2D eigenvalue weighted by molar-refractivity contribution is 6.30. The Morgan fingerprint density at radius 3 is 2.64 bits per heavy atom. The van der Waals surface area contributed by atoms with E-state index in [2.05, 4.69) is 0 Å². The number of carbonyl (C=O) groups is 1. The molecule has 0 spiro atoms. The Morgan fingerprint density at radius 2 is 1.91 bits per heavy atom. The van der Waals surface area contributed by atoms with E-state index in [0.717, 1.165) is 17.7 Å². The maximum absolute atomic E-state index is 12.1. The number of nitrogens with zero attached hydrogens (tertiary/aromatic N) is 1. The minimum absolute atomic E-state index is 0.119. The molecule has 0 radical (unpaired) electrons. The summed E-state index contributed by atoms with van der Waals surface area (Å²) in [6.07, 6.45) is 1.22. The molecule has 0 N–H and O–H groups in total. The number of ether oxygens (including phenoxy) is 1. The van der Waals surface area contributed by atoms with Crippen molar-refractivity contribution in [2.24, 2.45) is 0 Å². The van der Waals surface area contributed by atoms with Gasteiger partial charge in [0.05, 0.1) is 13.0 Å². The van der Waals surface area contributed by atoms with Gasteiger partial charge in [-0.2, -0.15) is 0 Å². The van der Waals surface area contributed by atoms with E-state index in [1.165, 1.54) is 0 Å². The van der Waals surface area contributed by atoms with E-state index in [1.54, 1.807) is 11.0 Å². The van der Waals surface area contributed by atoms with E-state index in [-0.39, 0.29) is 5.91 Å². The third-order valence-corrected chi connectivity index (χ3v) is 3.56. The highest BCUT2D eigenvalue weighted by Gasteiger charge is 2.09. The number of benzene rings is 2. The Bertz CT molecular complexity index is 601. The summed E-state index contributed by atoms with van der Waals surface area (Å²) in [5.74, 6) is 0.875. The van der Waals surface area contributed by atoms with Crippen LogP contribution in [0.2, 0.25) is 5.02 Å². The highest BCUT2D eigenvalue weighted by Crippen LogP contribution is 2.17. The first-order valence-corrected chi connectivity index (χ1v) is 7.69. The maximum atomic E-state index is 12.1. The Morgan fingerprint density at radius 1 is 1.14 bits per heavy atom. The molecule has 0 atom stereocenters. The summed E-state index contributed by atoms with van der Waals surface area (Å²) in [4.78, 5) is 13.8. The molecule has 116 valence electrons. The minimum atomic E-state index is 0.119. The van der Waals surface area contributed by atoms with Crippen molar-refractivity contribution in [3.8, 4) is 5.75 Å². The fourth-order valence-electron chi connectivity index (χ4n) is 2.08. The Kier molecular flexibility index (Phi) is 6.28. The molecular formula is C18H20ClNO2. The molecule has 0 heterocycles. The first-order valence-electron chi connectivity index (χ1n) is 7.31. The molecule has 0 saturated carbocycles. The zero-order valence-corrected chi connectivity index (χ0v) is 13.4. The van der Waals surface area contributed by atoms with Gasteiger partial charge >= 0.3 is 0 Å². The van der Waals surface area contributed by atoms with Crippen LogP contribution in [0, 0.1) is 0 Å². The van der Waals surface area contributed by atoms with Gasteiger partial charge in [0.15, 0.2) is 0 Å². The fourth-order valence-corrected chi connectivity index (χ4v) is 2.26. The van der Waals surface area contributed by atoms with Crippen molar-refractivity contribution in [3.63, 3.8) is 0 Å². The predicted octanol–water partition coefficient (Wildman–Crippen LogP) is 3.81. The van der Waals surface area contributed by atoms with Crippen LogP contribution in [-0.4, -0.2) is 31.0 Å². The summed E-state index contributed by atoms with van der Waals surface area (Å²) < 4.78 is 5.61. The van der Waals surface area contributed by atoms with Crippen LogP contribution in [0.3, 0.4) is 0 Å². The average Bonchev–Trinajstić information content (AvgIpc) is 2.52. The van der Waals surface area contributed by atoms with Crippen molar-refractivity contribution >= 4 is 17.5 Å². The number of likely N-dealkylation sites (N-methyl/N-ethyl adjacent to an activating group) is 1. The van der Waals surface area contributed by atoms with Gasteiger partial charge in [-0.3, -0.25) is 4.79 Å². The van der Waals surface area contributed by atoms with Crippen LogP contribution in [-0.2, 0) is 11.2 Å². The molecule has 2 rings (SSSR count). The second kappa shape index (κ2) is 8.44. The van der Waals surface area contributed by atoms with Crippen LogP contribution in [0.1, 0.15) is 12.0 Å². The SMILES string of the molecule is CN(CCCOc1cccc(Cl)c1)C(=O)Cc1ccccc1. The second-order valence-electron chi connectivity index (χ2n) is 5.14. The van der Waals surface area contributed by atoms with E-state index in [0.29, 0.717) is 24.6 Å². The van der Waals surface area contributed by atoms with E-state index in [4.69, 9.17) is 16.3 Å². The van der Waals surface area contributed by atoms with Gasteiger partial charge < -0.3 is 9.64 Å². The molecule has 0 aliphatic rings. The number of halogens is 1. The lowest BCUT2D eigenvalue weighted by Crippen LogP contribution is -2.30. The molecule has 3 nitrogen and oxygen atoms in total. The van der Waals surface area contributed by atoms with Crippen LogP contribution in [0.5, 0.6) is 5.75 Å². The van der Waals surface area contributed by atoms with E-state index in [1.807, 2.05) is 55.6 Å². The summed E-state index contributed by atoms with van der Waals surface area (Å²) in [6.45, 7) is 1.23. The van der Waals surface area contributed by atoms with Crippen LogP contribution < -0.4 is 4.74 Å². The van der Waals surface area contributed by atoms with Crippen molar-refractivity contribution in [1.82, 2.24) is 4.90 Å². The van der Waals surface area contributed by atoms with Crippen molar-refractivity contribution in [1.29, 1.82) is 0 Å². The van der Waals surface area contributed by atoms with Gasteiger partial charge in [0, 0.05) is 18.6 Å². The predicted molar refractivity (Wildman–Crippen MR) is 89.3 cm³/mol. The first-order chi connectivity index (χ1) is 10.6. The van der Waals surface area contributed by atoms with E-state index >= 15 is 0 Å². The molecule has 1 amide bonds. The number of rotatable bonds is 7. The monoisotopic (exact) mass is 317 g/mol. The fraction of sp³-hybridized carbons (Fsp3) is 0.278. The molecule has 4 heteroatoms. The van der Waals surface area contributed by atoms with Gasteiger partial charge in [0.25, 0.3) is 0 Å². The van der Waals surface area contributed by atoms with Crippen molar-refractivity contribution in [2.75, 3.05) is 20.2 Å². The van der Waals surface area contributed by atoms with E-state index < -0.39 is 0 Å². The lowest BCUT2D eigenvalue weighted by atomic mass is 10.1. The smallest absolute Gasteiger partial charge is 0.226 e. The average molecular weight is 318 g/mol. The van der Waals surface area contributed by atoms with Gasteiger partial charge in [-0.25, -0.2) is 0 Å². The normalized spacial score (nSPS) is 10.3. The molecule has 2 aromatic carbocycles. The molecular weight excluding hydrogens is 298 g/mol. The van der Waals surface area contributed by atoms with Crippen LogP contribution in [0.25, 0.3) is 0 Å². The lowest BCUT2D eigenvalue weighted by Gasteiger charge is -2.17. The standard InChI is InChI=1S/C18H20ClNO2/c1-20(18(21)13-15-7-3-2-4-8-15)11-6-12-22-17-10-5-9-16(19)14-17/h2-5,7-10,14H,6,11-13H2,1H3. The molecule has 0 fully saturated rings. The Balaban J connectivity index is 1.69. The Hall–Kier alpha value is -2.00. The second-order valence-corrected chi connectivity index (χ2v) is 5.57. The van der Waals surface area contributed by atoms with Crippen LogP contribution >= 0.6 is 11.6 Å². The molecule has 2 aromatic rings. The molecule has 0 bridgehead atoms. The van der Waals surface area contributed by atoms with Crippen molar-refractivity contribution in [2.45, 2.75) is 12.8 Å². The number of carbonyl (C=O) groups excluding carboxylic acids is 1. The van der Waals surface area contributed by atoms with Gasteiger partial charge in [-0.1, -0.05) is 48.0 Å². The zero-order chi connectivity index (χ0) is 15.8. The minimum Gasteiger partial charge on any atom is -0.493 e. The maximum Gasteiger partial charge on any atom is 0.226 e. The summed E-state index contributed by atoms with van der Waals surface area (Å²) in [7, 11) is 1.82. The third kappa shape index (κ3) is 5.41. The molecule has 0 aliphatic carbocycles. The van der Waals surface area contributed by atoms with Crippen molar-refractivity contribution in [3.05, 3.63) is 65.2 Å². The molecule has 0 saturated heterocycles. The highest BCUT2D eigenvalue weighted by atomic mass is 35.5. The quantitative estimate of drug-likeness (QED) is 0.727. The summed E-state index contributed by atoms with van der Waals surface area (Å²) in [5, 5.41) is 0.660. The van der Waals surface area contributed by atoms with Crippen LogP contribution in [0.15, 0.2) is 54.6 Å².